The number of rotatable bonds is 7. The monoisotopic (exact) mass is 336 g/mol. The van der Waals surface area contributed by atoms with E-state index in [1.54, 1.807) is 0 Å². The van der Waals surface area contributed by atoms with Crippen LogP contribution in [0.25, 0.3) is 0 Å². The molecule has 0 fully saturated rings. The van der Waals surface area contributed by atoms with Crippen molar-refractivity contribution in [3.8, 4) is 0 Å². The minimum Gasteiger partial charge on any atom is -0.427 e. The van der Waals surface area contributed by atoms with Gasteiger partial charge in [-0.25, -0.2) is 4.79 Å². The van der Waals surface area contributed by atoms with Crippen LogP contribution in [0.5, 0.6) is 0 Å². The van der Waals surface area contributed by atoms with Gasteiger partial charge in [0.1, 0.15) is 0 Å². The molecule has 0 aromatic heterocycles. The third-order valence-electron chi connectivity index (χ3n) is 2.03. The fourth-order valence-electron chi connectivity index (χ4n) is 1.65. The lowest BCUT2D eigenvalue weighted by Gasteiger charge is -2.42. The summed E-state index contributed by atoms with van der Waals surface area (Å²) in [5, 5.41) is 10.3. The lowest BCUT2D eigenvalue weighted by atomic mass is 10.4. The van der Waals surface area contributed by atoms with E-state index in [9.17, 15) is 9.90 Å². The molecule has 0 spiro atoms. The van der Waals surface area contributed by atoms with Gasteiger partial charge in [0.25, 0.3) is 0 Å². The highest BCUT2D eigenvalue weighted by Gasteiger charge is 2.44. The topological polar surface area (TPSA) is 65.0 Å². The maximum Gasteiger partial charge on any atom is 0.335 e. The first-order chi connectivity index (χ1) is 8.66. The van der Waals surface area contributed by atoms with Crippen LogP contribution in [0.1, 0.15) is 6.92 Å². The zero-order chi connectivity index (χ0) is 16.4. The fraction of sp³-hybridized carbons (Fsp3) is 0.750. The molecule has 0 saturated carbocycles. The third kappa shape index (κ3) is 7.50. The maximum absolute atomic E-state index is 11.6. The highest BCUT2D eigenvalue weighted by Crippen LogP contribution is 2.26. The number of carbonyl (C=O) groups is 1. The summed E-state index contributed by atoms with van der Waals surface area (Å²) in [5.74, 6) is -0.643. The number of carbonyl (C=O) groups excluding carboxylic acids is 1. The van der Waals surface area contributed by atoms with Gasteiger partial charge in [-0.3, -0.25) is 0 Å². The Labute approximate surface area is 127 Å². The molecule has 1 atom stereocenters. The molecule has 8 heteroatoms. The van der Waals surface area contributed by atoms with Crippen LogP contribution in [0.4, 0.5) is 0 Å². The van der Waals surface area contributed by atoms with Gasteiger partial charge >= 0.3 is 5.97 Å². The standard InChI is InChI=1S/C12H28O5Si3/c1-9(2)10(13)15-11(14)12(18,16-19(3,4)5)17-20(6,7)8/h11,14H,1H2,2-8,18H3. The maximum atomic E-state index is 11.6. The molecule has 0 amide bonds. The lowest BCUT2D eigenvalue weighted by molar-refractivity contribution is -0.235. The van der Waals surface area contributed by atoms with Gasteiger partial charge in [-0.15, -0.1) is 0 Å². The second kappa shape index (κ2) is 6.67. The van der Waals surface area contributed by atoms with E-state index in [-0.39, 0.29) is 5.57 Å². The first kappa shape index (κ1) is 19.7. The second-order valence-corrected chi connectivity index (χ2v) is 17.2. The minimum atomic E-state index is -1.98. The second-order valence-electron chi connectivity index (χ2n) is 6.98. The van der Waals surface area contributed by atoms with Crippen LogP contribution in [-0.4, -0.2) is 49.7 Å². The average Bonchev–Trinajstić information content (AvgIpc) is 2.10. The van der Waals surface area contributed by atoms with Crippen molar-refractivity contribution >= 4 is 32.8 Å². The van der Waals surface area contributed by atoms with E-state index in [1.165, 1.54) is 6.92 Å². The first-order valence-electron chi connectivity index (χ1n) is 6.61. The summed E-state index contributed by atoms with van der Waals surface area (Å²) >= 11 is 0. The van der Waals surface area contributed by atoms with E-state index in [1.807, 2.05) is 39.3 Å². The highest BCUT2D eigenvalue weighted by atomic mass is 28.4. The largest absolute Gasteiger partial charge is 0.427 e. The van der Waals surface area contributed by atoms with Gasteiger partial charge < -0.3 is 18.7 Å². The normalized spacial score (nSPS) is 15.0. The fourth-order valence-corrected chi connectivity index (χ4v) is 8.24. The van der Waals surface area contributed by atoms with E-state index in [0.29, 0.717) is 10.2 Å². The van der Waals surface area contributed by atoms with Crippen molar-refractivity contribution in [1.29, 1.82) is 0 Å². The number of hydrogen-bond acceptors (Lipinski definition) is 5. The molecule has 20 heavy (non-hydrogen) atoms. The molecule has 5 nitrogen and oxygen atoms in total. The van der Waals surface area contributed by atoms with Crippen LogP contribution < -0.4 is 0 Å². The van der Waals surface area contributed by atoms with Gasteiger partial charge in [0.05, 0.1) is 10.2 Å². The lowest BCUT2D eigenvalue weighted by Crippen LogP contribution is -2.58. The molecule has 0 radical (unpaired) electrons. The van der Waals surface area contributed by atoms with Gasteiger partial charge in [0.15, 0.2) is 22.0 Å². The van der Waals surface area contributed by atoms with Crippen LogP contribution in [0.15, 0.2) is 12.2 Å². The van der Waals surface area contributed by atoms with Crippen molar-refractivity contribution in [3.05, 3.63) is 12.2 Å². The van der Waals surface area contributed by atoms with E-state index in [0.717, 1.165) is 0 Å². The Hall–Kier alpha value is -0.259. The number of aliphatic hydroxyl groups is 1. The Morgan fingerprint density at radius 3 is 1.75 bits per heavy atom. The Morgan fingerprint density at radius 1 is 1.15 bits per heavy atom. The van der Waals surface area contributed by atoms with Gasteiger partial charge in [-0.05, 0) is 46.2 Å². The summed E-state index contributed by atoms with van der Waals surface area (Å²) in [7, 11) is -3.57. The predicted octanol–water partition coefficient (Wildman–Crippen LogP) is 1.15. The molecule has 1 unspecified atom stereocenters. The van der Waals surface area contributed by atoms with Crippen LogP contribution in [0, 0.1) is 0 Å². The van der Waals surface area contributed by atoms with E-state index in [4.69, 9.17) is 13.6 Å². The Bertz CT molecular complexity index is 354. The molecule has 0 aliphatic carbocycles. The highest BCUT2D eigenvalue weighted by molar-refractivity contribution is 6.71. The molecule has 118 valence electrons. The molecular weight excluding hydrogens is 308 g/mol. The summed E-state index contributed by atoms with van der Waals surface area (Å²) in [6, 6.07) is 0. The summed E-state index contributed by atoms with van der Waals surface area (Å²) in [5.41, 5.74) is -0.992. The van der Waals surface area contributed by atoms with Crippen molar-refractivity contribution in [3.63, 3.8) is 0 Å². The number of hydrogen-bond donors (Lipinski definition) is 1. The number of esters is 1. The molecule has 0 rings (SSSR count). The van der Waals surface area contributed by atoms with E-state index < -0.39 is 34.3 Å². The Kier molecular flexibility index (Phi) is 6.58. The Balaban J connectivity index is 5.20. The molecule has 0 aromatic rings. The Morgan fingerprint density at radius 2 is 1.50 bits per heavy atom. The number of ether oxygens (including phenoxy) is 1. The quantitative estimate of drug-likeness (QED) is 0.327. The first-order valence-corrected chi connectivity index (χ1v) is 14.4. The van der Waals surface area contributed by atoms with Crippen molar-refractivity contribution in [1.82, 2.24) is 0 Å². The van der Waals surface area contributed by atoms with Gasteiger partial charge in [-0.1, -0.05) is 6.58 Å². The molecule has 0 saturated heterocycles. The molecule has 0 aromatic carbocycles. The SMILES string of the molecule is C=C(C)C(=O)OC(O)C([SiH3])(O[Si](C)(C)C)O[Si](C)(C)C. The molecule has 0 aliphatic rings. The summed E-state index contributed by atoms with van der Waals surface area (Å²) in [6.07, 6.45) is -1.43. The average molecular weight is 337 g/mol. The van der Waals surface area contributed by atoms with Crippen molar-refractivity contribution in [2.75, 3.05) is 0 Å². The number of aliphatic hydroxyl groups excluding tert-OH is 1. The molecule has 0 aliphatic heterocycles. The summed E-state index contributed by atoms with van der Waals surface area (Å²) < 4.78 is 17.0. The van der Waals surface area contributed by atoms with Crippen LogP contribution in [0.3, 0.4) is 0 Å². The van der Waals surface area contributed by atoms with Crippen LogP contribution in [-0.2, 0) is 18.4 Å². The van der Waals surface area contributed by atoms with Crippen LogP contribution in [0.2, 0.25) is 39.3 Å². The van der Waals surface area contributed by atoms with Crippen molar-refractivity contribution in [2.24, 2.45) is 0 Å². The smallest absolute Gasteiger partial charge is 0.335 e. The zero-order valence-corrected chi connectivity index (χ0v) is 17.9. The van der Waals surface area contributed by atoms with Gasteiger partial charge in [0.2, 0.25) is 6.29 Å². The van der Waals surface area contributed by atoms with E-state index in [2.05, 4.69) is 6.58 Å². The summed E-state index contributed by atoms with van der Waals surface area (Å²) in [6.45, 7) is 17.0. The minimum absolute atomic E-state index is 0.231. The van der Waals surface area contributed by atoms with Crippen molar-refractivity contribution in [2.45, 2.75) is 57.9 Å². The molecule has 0 heterocycles. The van der Waals surface area contributed by atoms with Gasteiger partial charge in [0, 0.05) is 5.57 Å². The van der Waals surface area contributed by atoms with E-state index >= 15 is 0 Å². The predicted molar refractivity (Wildman–Crippen MR) is 88.4 cm³/mol. The third-order valence-corrected chi connectivity index (χ3v) is 5.79. The zero-order valence-electron chi connectivity index (χ0n) is 13.9. The molecule has 0 bridgehead atoms. The van der Waals surface area contributed by atoms with Crippen molar-refractivity contribution < 1.29 is 23.5 Å². The molecular formula is C12H28O5Si3. The molecule has 1 N–H and O–H groups in total. The van der Waals surface area contributed by atoms with Crippen LogP contribution >= 0.6 is 0 Å². The van der Waals surface area contributed by atoms with Gasteiger partial charge in [-0.2, -0.15) is 0 Å². The summed E-state index contributed by atoms with van der Waals surface area (Å²) in [4.78, 5) is 11.6.